The molecule has 0 aromatic carbocycles. The zero-order chi connectivity index (χ0) is 14.2. The molecule has 1 N–H and O–H groups in total. The van der Waals surface area contributed by atoms with Crippen molar-refractivity contribution in [2.75, 3.05) is 38.7 Å². The number of likely N-dealkylation sites (tertiary alicyclic amines) is 1. The first kappa shape index (κ1) is 14.8. The van der Waals surface area contributed by atoms with Crippen molar-refractivity contribution in [1.29, 1.82) is 0 Å². The third-order valence-electron chi connectivity index (χ3n) is 3.51. The first-order valence-electron chi connectivity index (χ1n) is 7.29. The SMILES string of the molecule is COCCNc1ccc(C(=O)N2CCCCCC2)nc1. The van der Waals surface area contributed by atoms with Crippen molar-refractivity contribution in [1.82, 2.24) is 9.88 Å². The Morgan fingerprint density at radius 1 is 1.30 bits per heavy atom. The quantitative estimate of drug-likeness (QED) is 0.838. The number of ether oxygens (including phenoxy) is 1. The van der Waals surface area contributed by atoms with Gasteiger partial charge in [0, 0.05) is 26.7 Å². The third-order valence-corrected chi connectivity index (χ3v) is 3.51. The molecular weight excluding hydrogens is 254 g/mol. The van der Waals surface area contributed by atoms with Gasteiger partial charge >= 0.3 is 0 Å². The molecule has 0 unspecified atom stereocenters. The summed E-state index contributed by atoms with van der Waals surface area (Å²) in [7, 11) is 1.67. The zero-order valence-corrected chi connectivity index (χ0v) is 12.1. The highest BCUT2D eigenvalue weighted by Gasteiger charge is 2.18. The Balaban J connectivity index is 1.92. The predicted octanol–water partition coefficient (Wildman–Crippen LogP) is 2.16. The van der Waals surface area contributed by atoms with E-state index in [1.807, 2.05) is 11.0 Å². The van der Waals surface area contributed by atoms with Gasteiger partial charge in [0.25, 0.3) is 5.91 Å². The van der Waals surface area contributed by atoms with E-state index in [1.54, 1.807) is 19.4 Å². The normalized spacial score (nSPS) is 15.8. The second-order valence-corrected chi connectivity index (χ2v) is 5.06. The van der Waals surface area contributed by atoms with Crippen molar-refractivity contribution in [2.24, 2.45) is 0 Å². The van der Waals surface area contributed by atoms with Gasteiger partial charge in [-0.2, -0.15) is 0 Å². The molecule has 0 aliphatic carbocycles. The molecule has 1 aliphatic heterocycles. The summed E-state index contributed by atoms with van der Waals surface area (Å²) < 4.78 is 4.97. The van der Waals surface area contributed by atoms with Crippen LogP contribution in [0.25, 0.3) is 0 Å². The highest BCUT2D eigenvalue weighted by Crippen LogP contribution is 2.13. The van der Waals surface area contributed by atoms with E-state index in [0.717, 1.165) is 38.2 Å². The molecule has 110 valence electrons. The molecule has 5 heteroatoms. The van der Waals surface area contributed by atoms with E-state index in [9.17, 15) is 4.79 Å². The van der Waals surface area contributed by atoms with Crippen LogP contribution in [0.2, 0.25) is 0 Å². The average molecular weight is 277 g/mol. The second-order valence-electron chi connectivity index (χ2n) is 5.06. The van der Waals surface area contributed by atoms with Gasteiger partial charge in [0.15, 0.2) is 0 Å². The molecular formula is C15H23N3O2. The van der Waals surface area contributed by atoms with Gasteiger partial charge in [-0.1, -0.05) is 12.8 Å². The summed E-state index contributed by atoms with van der Waals surface area (Å²) in [5.74, 6) is 0.0512. The fourth-order valence-electron chi connectivity index (χ4n) is 2.36. The van der Waals surface area contributed by atoms with Gasteiger partial charge in [0.2, 0.25) is 0 Å². The second kappa shape index (κ2) is 7.85. The molecule has 2 rings (SSSR count). The third kappa shape index (κ3) is 4.20. The van der Waals surface area contributed by atoms with Crippen LogP contribution >= 0.6 is 0 Å². The van der Waals surface area contributed by atoms with Crippen LogP contribution in [0.3, 0.4) is 0 Å². The first-order chi connectivity index (χ1) is 9.81. The molecule has 1 fully saturated rings. The summed E-state index contributed by atoms with van der Waals surface area (Å²) >= 11 is 0. The van der Waals surface area contributed by atoms with E-state index in [-0.39, 0.29) is 5.91 Å². The number of aromatic nitrogens is 1. The summed E-state index contributed by atoms with van der Waals surface area (Å²) in [4.78, 5) is 18.5. The van der Waals surface area contributed by atoms with Crippen molar-refractivity contribution in [3.05, 3.63) is 24.0 Å². The van der Waals surface area contributed by atoms with Crippen LogP contribution in [-0.2, 0) is 4.74 Å². The molecule has 0 atom stereocenters. The molecule has 0 bridgehead atoms. The molecule has 1 amide bonds. The molecule has 2 heterocycles. The fraction of sp³-hybridized carbons (Fsp3) is 0.600. The molecule has 5 nitrogen and oxygen atoms in total. The number of methoxy groups -OCH3 is 1. The standard InChI is InChI=1S/C15H23N3O2/c1-20-11-8-16-13-6-7-14(17-12-13)15(19)18-9-4-2-3-5-10-18/h6-7,12,16H,2-5,8-11H2,1H3. The minimum atomic E-state index is 0.0512. The van der Waals surface area contributed by atoms with Crippen LogP contribution < -0.4 is 5.32 Å². The number of pyridine rings is 1. The van der Waals surface area contributed by atoms with Crippen LogP contribution in [0.4, 0.5) is 5.69 Å². The van der Waals surface area contributed by atoms with Crippen molar-refractivity contribution >= 4 is 11.6 Å². The highest BCUT2D eigenvalue weighted by atomic mass is 16.5. The summed E-state index contributed by atoms with van der Waals surface area (Å²) in [5.41, 5.74) is 1.44. The van der Waals surface area contributed by atoms with Gasteiger partial charge < -0.3 is 15.0 Å². The molecule has 0 radical (unpaired) electrons. The first-order valence-corrected chi connectivity index (χ1v) is 7.29. The number of nitrogens with one attached hydrogen (secondary N) is 1. The van der Waals surface area contributed by atoms with Gasteiger partial charge in [0.1, 0.15) is 5.69 Å². The molecule has 20 heavy (non-hydrogen) atoms. The lowest BCUT2D eigenvalue weighted by atomic mass is 10.2. The summed E-state index contributed by atoms with van der Waals surface area (Å²) in [5, 5.41) is 3.19. The Morgan fingerprint density at radius 2 is 2.05 bits per heavy atom. The Hall–Kier alpha value is -1.62. The lowest BCUT2D eigenvalue weighted by Crippen LogP contribution is -2.32. The smallest absolute Gasteiger partial charge is 0.272 e. The lowest BCUT2D eigenvalue weighted by molar-refractivity contribution is 0.0756. The lowest BCUT2D eigenvalue weighted by Gasteiger charge is -2.19. The van der Waals surface area contributed by atoms with Crippen LogP contribution in [0, 0.1) is 0 Å². The maximum atomic E-state index is 12.3. The van der Waals surface area contributed by atoms with Crippen LogP contribution in [0.15, 0.2) is 18.3 Å². The number of rotatable bonds is 5. The van der Waals surface area contributed by atoms with Crippen LogP contribution in [0.1, 0.15) is 36.2 Å². The molecule has 1 aliphatic rings. The van der Waals surface area contributed by atoms with E-state index in [2.05, 4.69) is 10.3 Å². The number of nitrogens with zero attached hydrogens (tertiary/aromatic N) is 2. The van der Waals surface area contributed by atoms with Gasteiger partial charge in [-0.05, 0) is 25.0 Å². The van der Waals surface area contributed by atoms with Crippen molar-refractivity contribution in [3.63, 3.8) is 0 Å². The van der Waals surface area contributed by atoms with E-state index in [1.165, 1.54) is 12.8 Å². The molecule has 1 saturated heterocycles. The largest absolute Gasteiger partial charge is 0.383 e. The fourth-order valence-corrected chi connectivity index (χ4v) is 2.36. The number of hydrogen-bond donors (Lipinski definition) is 1. The Labute approximate surface area is 120 Å². The number of anilines is 1. The topological polar surface area (TPSA) is 54.5 Å². The van der Waals surface area contributed by atoms with Crippen molar-refractivity contribution < 1.29 is 9.53 Å². The molecule has 1 aromatic rings. The van der Waals surface area contributed by atoms with Gasteiger partial charge in [0.05, 0.1) is 18.5 Å². The van der Waals surface area contributed by atoms with Crippen molar-refractivity contribution in [2.45, 2.75) is 25.7 Å². The Bertz CT molecular complexity index is 412. The maximum Gasteiger partial charge on any atom is 0.272 e. The minimum Gasteiger partial charge on any atom is -0.383 e. The number of carbonyl (C=O) groups is 1. The van der Waals surface area contributed by atoms with E-state index in [4.69, 9.17) is 4.74 Å². The highest BCUT2D eigenvalue weighted by molar-refractivity contribution is 5.92. The van der Waals surface area contributed by atoms with Crippen LogP contribution in [-0.4, -0.2) is 49.1 Å². The maximum absolute atomic E-state index is 12.3. The van der Waals surface area contributed by atoms with E-state index >= 15 is 0 Å². The number of hydrogen-bond acceptors (Lipinski definition) is 4. The predicted molar refractivity (Wildman–Crippen MR) is 79.0 cm³/mol. The Morgan fingerprint density at radius 3 is 2.65 bits per heavy atom. The summed E-state index contributed by atoms with van der Waals surface area (Å²) in [6, 6.07) is 3.69. The van der Waals surface area contributed by atoms with Gasteiger partial charge in [-0.25, -0.2) is 4.98 Å². The summed E-state index contributed by atoms with van der Waals surface area (Å²) in [6.45, 7) is 3.09. The van der Waals surface area contributed by atoms with E-state index < -0.39 is 0 Å². The average Bonchev–Trinajstić information content (AvgIpc) is 2.77. The van der Waals surface area contributed by atoms with Crippen molar-refractivity contribution in [3.8, 4) is 0 Å². The molecule has 0 spiro atoms. The van der Waals surface area contributed by atoms with Crippen LogP contribution in [0.5, 0.6) is 0 Å². The monoisotopic (exact) mass is 277 g/mol. The van der Waals surface area contributed by atoms with Gasteiger partial charge in [-0.3, -0.25) is 4.79 Å². The number of amides is 1. The molecule has 0 saturated carbocycles. The Kier molecular flexibility index (Phi) is 5.80. The number of carbonyl (C=O) groups excluding carboxylic acids is 1. The molecule has 1 aromatic heterocycles. The zero-order valence-electron chi connectivity index (χ0n) is 12.1. The minimum absolute atomic E-state index is 0.0512. The van der Waals surface area contributed by atoms with Gasteiger partial charge in [-0.15, -0.1) is 0 Å². The van der Waals surface area contributed by atoms with E-state index in [0.29, 0.717) is 12.3 Å². The summed E-state index contributed by atoms with van der Waals surface area (Å²) in [6.07, 6.45) is 6.35.